The Morgan fingerprint density at radius 3 is 2.84 bits per heavy atom. The lowest BCUT2D eigenvalue weighted by Gasteiger charge is -2.56. The summed E-state index contributed by atoms with van der Waals surface area (Å²) in [5, 5.41) is 10.1. The van der Waals surface area contributed by atoms with Gasteiger partial charge in [0, 0.05) is 18.4 Å². The van der Waals surface area contributed by atoms with Gasteiger partial charge in [-0.25, -0.2) is 0 Å². The minimum absolute atomic E-state index is 0.0235. The monoisotopic (exact) mass is 265 g/mol. The van der Waals surface area contributed by atoms with Gasteiger partial charge in [0.15, 0.2) is 0 Å². The molecule has 1 N–H and O–H groups in total. The third-order valence-electron chi connectivity index (χ3n) is 4.86. The first-order valence-electron chi connectivity index (χ1n) is 7.29. The van der Waals surface area contributed by atoms with Crippen molar-refractivity contribution in [1.82, 2.24) is 4.90 Å². The van der Waals surface area contributed by atoms with Crippen LogP contribution in [-0.4, -0.2) is 41.9 Å². The molecule has 2 heterocycles. The van der Waals surface area contributed by atoms with Crippen LogP contribution in [0.2, 0.25) is 0 Å². The fourth-order valence-electron chi connectivity index (χ4n) is 3.57. The standard InChI is InChI=1S/C15H23NO3/c1-2-18-14-10-13(17)15(14)5-7-16(8-6-15)11-12-4-3-9-19-12/h3-4,9,13-14,17H,2,5-8,10-11H2,1H3. The van der Waals surface area contributed by atoms with Gasteiger partial charge in [0.2, 0.25) is 0 Å². The Morgan fingerprint density at radius 2 is 2.26 bits per heavy atom. The van der Waals surface area contributed by atoms with Crippen molar-refractivity contribution in [3.05, 3.63) is 24.2 Å². The molecule has 1 aromatic rings. The van der Waals surface area contributed by atoms with E-state index in [2.05, 4.69) is 4.90 Å². The van der Waals surface area contributed by atoms with Crippen molar-refractivity contribution in [2.45, 2.75) is 44.9 Å². The Hall–Kier alpha value is -0.840. The maximum absolute atomic E-state index is 10.1. The molecule has 1 saturated heterocycles. The minimum atomic E-state index is -0.171. The van der Waals surface area contributed by atoms with Gasteiger partial charge in [-0.05, 0) is 45.0 Å². The smallest absolute Gasteiger partial charge is 0.117 e. The summed E-state index contributed by atoms with van der Waals surface area (Å²) in [5.41, 5.74) is 0.0235. The number of hydrogen-bond donors (Lipinski definition) is 1. The Morgan fingerprint density at radius 1 is 1.47 bits per heavy atom. The van der Waals surface area contributed by atoms with E-state index < -0.39 is 0 Å². The molecule has 4 nitrogen and oxygen atoms in total. The second kappa shape index (κ2) is 5.27. The molecule has 0 radical (unpaired) electrons. The first-order chi connectivity index (χ1) is 9.24. The van der Waals surface area contributed by atoms with Crippen molar-refractivity contribution in [1.29, 1.82) is 0 Å². The van der Waals surface area contributed by atoms with Crippen molar-refractivity contribution >= 4 is 0 Å². The van der Waals surface area contributed by atoms with Gasteiger partial charge < -0.3 is 14.3 Å². The van der Waals surface area contributed by atoms with E-state index in [-0.39, 0.29) is 17.6 Å². The summed E-state index contributed by atoms with van der Waals surface area (Å²) in [5.74, 6) is 1.02. The Kier molecular flexibility index (Phi) is 3.65. The molecule has 0 bridgehead atoms. The van der Waals surface area contributed by atoms with Crippen LogP contribution in [0.3, 0.4) is 0 Å². The summed E-state index contributed by atoms with van der Waals surface area (Å²) in [6, 6.07) is 3.95. The van der Waals surface area contributed by atoms with E-state index in [1.807, 2.05) is 19.1 Å². The van der Waals surface area contributed by atoms with E-state index in [9.17, 15) is 5.11 Å². The van der Waals surface area contributed by atoms with E-state index in [1.165, 1.54) is 0 Å². The molecule has 0 amide bonds. The van der Waals surface area contributed by atoms with E-state index in [1.54, 1.807) is 6.26 Å². The fraction of sp³-hybridized carbons (Fsp3) is 0.733. The zero-order valence-corrected chi connectivity index (χ0v) is 11.5. The summed E-state index contributed by atoms with van der Waals surface area (Å²) in [7, 11) is 0. The molecule has 106 valence electrons. The first-order valence-corrected chi connectivity index (χ1v) is 7.29. The molecule has 2 aliphatic rings. The number of hydrogen-bond acceptors (Lipinski definition) is 4. The largest absolute Gasteiger partial charge is 0.468 e. The number of aliphatic hydroxyl groups excluding tert-OH is 1. The Balaban J connectivity index is 1.56. The zero-order chi connectivity index (χ0) is 13.3. The average Bonchev–Trinajstić information content (AvgIpc) is 2.92. The minimum Gasteiger partial charge on any atom is -0.468 e. The van der Waals surface area contributed by atoms with Crippen molar-refractivity contribution in [2.24, 2.45) is 5.41 Å². The van der Waals surface area contributed by atoms with Gasteiger partial charge in [-0.2, -0.15) is 0 Å². The highest BCUT2D eigenvalue weighted by atomic mass is 16.5. The molecule has 0 aromatic carbocycles. The van der Waals surface area contributed by atoms with E-state index in [4.69, 9.17) is 9.15 Å². The van der Waals surface area contributed by atoms with E-state index >= 15 is 0 Å². The van der Waals surface area contributed by atoms with Crippen LogP contribution in [0.4, 0.5) is 0 Å². The third-order valence-corrected chi connectivity index (χ3v) is 4.86. The number of aliphatic hydroxyl groups is 1. The second-order valence-corrected chi connectivity index (χ2v) is 5.78. The summed E-state index contributed by atoms with van der Waals surface area (Å²) in [6.07, 6.45) is 4.68. The molecule has 1 spiro atoms. The quantitative estimate of drug-likeness (QED) is 0.905. The highest BCUT2D eigenvalue weighted by molar-refractivity contribution is 5.07. The molecule has 1 aliphatic heterocycles. The van der Waals surface area contributed by atoms with Crippen LogP contribution in [0.15, 0.2) is 22.8 Å². The highest BCUT2D eigenvalue weighted by Crippen LogP contribution is 2.51. The normalized spacial score (nSPS) is 30.4. The molecule has 2 atom stereocenters. The summed E-state index contributed by atoms with van der Waals surface area (Å²) >= 11 is 0. The fourth-order valence-corrected chi connectivity index (χ4v) is 3.57. The van der Waals surface area contributed by atoms with Crippen LogP contribution in [0.25, 0.3) is 0 Å². The molecular weight excluding hydrogens is 242 g/mol. The van der Waals surface area contributed by atoms with Gasteiger partial charge in [-0.3, -0.25) is 4.90 Å². The molecule has 1 aliphatic carbocycles. The lowest BCUT2D eigenvalue weighted by Crippen LogP contribution is -2.62. The number of nitrogens with zero attached hydrogens (tertiary/aromatic N) is 1. The number of rotatable bonds is 4. The topological polar surface area (TPSA) is 45.8 Å². The van der Waals surface area contributed by atoms with Crippen LogP contribution in [0.1, 0.15) is 31.9 Å². The van der Waals surface area contributed by atoms with E-state index in [0.29, 0.717) is 0 Å². The van der Waals surface area contributed by atoms with Gasteiger partial charge in [0.1, 0.15) is 5.76 Å². The van der Waals surface area contributed by atoms with Crippen molar-refractivity contribution in [2.75, 3.05) is 19.7 Å². The van der Waals surface area contributed by atoms with Gasteiger partial charge >= 0.3 is 0 Å². The molecular formula is C15H23NO3. The SMILES string of the molecule is CCOC1CC(O)C12CCN(Cc1ccco1)CC2. The average molecular weight is 265 g/mol. The Labute approximate surface area is 114 Å². The van der Waals surface area contributed by atoms with Crippen molar-refractivity contribution in [3.63, 3.8) is 0 Å². The van der Waals surface area contributed by atoms with Gasteiger partial charge in [-0.15, -0.1) is 0 Å². The zero-order valence-electron chi connectivity index (χ0n) is 11.5. The number of furan rings is 1. The van der Waals surface area contributed by atoms with Gasteiger partial charge in [0.25, 0.3) is 0 Å². The lowest BCUT2D eigenvalue weighted by molar-refractivity contribution is -0.210. The number of likely N-dealkylation sites (tertiary alicyclic amines) is 1. The Bertz CT molecular complexity index is 394. The summed E-state index contributed by atoms with van der Waals surface area (Å²) < 4.78 is 11.2. The lowest BCUT2D eigenvalue weighted by atomic mass is 9.58. The molecule has 1 aromatic heterocycles. The molecule has 19 heavy (non-hydrogen) atoms. The van der Waals surface area contributed by atoms with Crippen LogP contribution < -0.4 is 0 Å². The maximum atomic E-state index is 10.1. The number of ether oxygens (including phenoxy) is 1. The first kappa shape index (κ1) is 13.2. The van der Waals surface area contributed by atoms with Gasteiger partial charge in [0.05, 0.1) is 25.0 Å². The summed E-state index contributed by atoms with van der Waals surface area (Å²) in [4.78, 5) is 2.40. The van der Waals surface area contributed by atoms with Gasteiger partial charge in [-0.1, -0.05) is 0 Å². The second-order valence-electron chi connectivity index (χ2n) is 5.78. The highest BCUT2D eigenvalue weighted by Gasteiger charge is 2.55. The predicted octanol–water partition coefficient (Wildman–Crippen LogP) is 2.03. The maximum Gasteiger partial charge on any atom is 0.117 e. The molecule has 3 rings (SSSR count). The van der Waals surface area contributed by atoms with Crippen LogP contribution in [0.5, 0.6) is 0 Å². The van der Waals surface area contributed by atoms with Crippen molar-refractivity contribution in [3.8, 4) is 0 Å². The molecule has 4 heteroatoms. The predicted molar refractivity (Wildman–Crippen MR) is 71.7 cm³/mol. The molecule has 2 unspecified atom stereocenters. The molecule has 2 fully saturated rings. The van der Waals surface area contributed by atoms with Crippen LogP contribution >= 0.6 is 0 Å². The van der Waals surface area contributed by atoms with Crippen LogP contribution in [0, 0.1) is 5.41 Å². The summed E-state index contributed by atoms with van der Waals surface area (Å²) in [6.45, 7) is 5.68. The molecule has 1 saturated carbocycles. The van der Waals surface area contributed by atoms with E-state index in [0.717, 1.165) is 51.3 Å². The number of piperidine rings is 1. The van der Waals surface area contributed by atoms with Crippen LogP contribution in [-0.2, 0) is 11.3 Å². The third kappa shape index (κ3) is 2.33. The van der Waals surface area contributed by atoms with Crippen molar-refractivity contribution < 1.29 is 14.3 Å².